The number of fused-ring (bicyclic) bond motifs is 5. The van der Waals surface area contributed by atoms with E-state index in [2.05, 4.69) is 99.7 Å². The summed E-state index contributed by atoms with van der Waals surface area (Å²) in [6, 6.07) is 31.3. The van der Waals surface area contributed by atoms with Crippen LogP contribution in [0.3, 0.4) is 0 Å². The van der Waals surface area contributed by atoms with E-state index in [1.54, 1.807) is 0 Å². The second kappa shape index (κ2) is 7.99. The van der Waals surface area contributed by atoms with Crippen molar-refractivity contribution in [2.24, 2.45) is 0 Å². The number of rotatable bonds is 4. The van der Waals surface area contributed by atoms with Gasteiger partial charge in [-0.15, -0.1) is 0 Å². The van der Waals surface area contributed by atoms with Crippen LogP contribution in [-0.4, -0.2) is 41.1 Å². The molecule has 6 rings (SSSR count). The summed E-state index contributed by atoms with van der Waals surface area (Å²) in [6.07, 6.45) is 2.24. The summed E-state index contributed by atoms with van der Waals surface area (Å²) in [5, 5.41) is 1.41. The molecule has 0 unspecified atom stereocenters. The monoisotopic (exact) mass is 407 g/mol. The first kappa shape index (κ1) is 18.9. The lowest BCUT2D eigenvalue weighted by molar-refractivity contribution is 0.0146. The molecule has 0 aliphatic carbocycles. The van der Waals surface area contributed by atoms with Gasteiger partial charge in [0, 0.05) is 42.1 Å². The summed E-state index contributed by atoms with van der Waals surface area (Å²) < 4.78 is 0. The van der Waals surface area contributed by atoms with Gasteiger partial charge in [-0.25, -0.2) is 0 Å². The molecule has 1 N–H and O–H groups in total. The van der Waals surface area contributed by atoms with Crippen molar-refractivity contribution in [1.29, 1.82) is 0 Å². The Kier molecular flexibility index (Phi) is 4.86. The van der Waals surface area contributed by atoms with Crippen LogP contribution in [0.5, 0.6) is 0 Å². The summed E-state index contributed by atoms with van der Waals surface area (Å²) in [5.41, 5.74) is 7.15. The molecule has 0 radical (unpaired) electrons. The van der Waals surface area contributed by atoms with Gasteiger partial charge in [0.15, 0.2) is 0 Å². The van der Waals surface area contributed by atoms with E-state index in [9.17, 15) is 0 Å². The normalized spacial score (nSPS) is 21.7. The third kappa shape index (κ3) is 3.48. The van der Waals surface area contributed by atoms with Crippen LogP contribution in [0, 0.1) is 0 Å². The van der Waals surface area contributed by atoms with Gasteiger partial charge in [0.05, 0.1) is 12.7 Å². The molecule has 3 aromatic carbocycles. The minimum atomic E-state index is 0.423. The minimum absolute atomic E-state index is 0.423. The van der Waals surface area contributed by atoms with Gasteiger partial charge >= 0.3 is 0 Å². The number of para-hydroxylation sites is 1. The summed E-state index contributed by atoms with van der Waals surface area (Å²) in [4.78, 5) is 9.20. The van der Waals surface area contributed by atoms with Gasteiger partial charge in [-0.3, -0.25) is 9.80 Å². The first-order chi connectivity index (χ1) is 15.4. The van der Waals surface area contributed by atoms with Gasteiger partial charge in [-0.1, -0.05) is 78.9 Å². The molecule has 2 aliphatic heterocycles. The van der Waals surface area contributed by atoms with Crippen molar-refractivity contribution < 1.29 is 0 Å². The molecule has 0 saturated carbocycles. The molecule has 1 aromatic heterocycles. The third-order valence-electron chi connectivity index (χ3n) is 7.19. The third-order valence-corrected chi connectivity index (χ3v) is 7.19. The van der Waals surface area contributed by atoms with E-state index in [0.29, 0.717) is 12.0 Å². The zero-order valence-electron chi connectivity index (χ0n) is 17.9. The summed E-state index contributed by atoms with van der Waals surface area (Å²) in [7, 11) is 0. The number of aromatic nitrogens is 1. The number of benzene rings is 3. The van der Waals surface area contributed by atoms with Crippen molar-refractivity contribution in [2.45, 2.75) is 24.8 Å². The van der Waals surface area contributed by atoms with E-state index in [1.165, 1.54) is 33.3 Å². The Bertz CT molecular complexity index is 1160. The summed E-state index contributed by atoms with van der Waals surface area (Å²) in [5.74, 6) is 0.470. The first-order valence-electron chi connectivity index (χ1n) is 11.5. The molecule has 4 aromatic rings. The van der Waals surface area contributed by atoms with Gasteiger partial charge in [0.2, 0.25) is 0 Å². The lowest BCUT2D eigenvalue weighted by atomic mass is 9.82. The molecule has 1 fully saturated rings. The molecule has 2 aliphatic rings. The number of H-pyrrole nitrogens is 1. The van der Waals surface area contributed by atoms with E-state index in [4.69, 9.17) is 0 Å². The number of hydrogen-bond acceptors (Lipinski definition) is 2. The largest absolute Gasteiger partial charge is 0.357 e. The molecule has 3 nitrogen and oxygen atoms in total. The van der Waals surface area contributed by atoms with Crippen molar-refractivity contribution in [2.75, 3.05) is 26.3 Å². The highest BCUT2D eigenvalue weighted by Gasteiger charge is 2.41. The van der Waals surface area contributed by atoms with Gasteiger partial charge in [-0.2, -0.15) is 0 Å². The molecule has 0 amide bonds. The van der Waals surface area contributed by atoms with Crippen LogP contribution < -0.4 is 0 Å². The lowest BCUT2D eigenvalue weighted by Gasteiger charge is -2.48. The van der Waals surface area contributed by atoms with Crippen LogP contribution in [0.25, 0.3) is 10.9 Å². The minimum Gasteiger partial charge on any atom is -0.357 e. The Morgan fingerprint density at radius 1 is 0.839 bits per heavy atom. The Balaban J connectivity index is 1.34. The molecule has 0 bridgehead atoms. The van der Waals surface area contributed by atoms with Crippen molar-refractivity contribution in [3.8, 4) is 0 Å². The molecule has 3 heterocycles. The van der Waals surface area contributed by atoms with Gasteiger partial charge in [-0.05, 0) is 35.6 Å². The van der Waals surface area contributed by atoms with Gasteiger partial charge < -0.3 is 4.98 Å². The van der Waals surface area contributed by atoms with Crippen molar-refractivity contribution in [1.82, 2.24) is 14.8 Å². The second-order valence-electron chi connectivity index (χ2n) is 9.04. The number of nitrogens with one attached hydrogen (secondary N) is 1. The summed E-state index contributed by atoms with van der Waals surface area (Å²) in [6.45, 7) is 4.39. The second-order valence-corrected chi connectivity index (χ2v) is 9.04. The maximum absolute atomic E-state index is 3.83. The molecule has 3 heteroatoms. The van der Waals surface area contributed by atoms with E-state index >= 15 is 0 Å². The van der Waals surface area contributed by atoms with Crippen LogP contribution in [0.4, 0.5) is 0 Å². The van der Waals surface area contributed by atoms with Crippen LogP contribution in [-0.2, 0) is 12.8 Å². The van der Waals surface area contributed by atoms with Gasteiger partial charge in [0.1, 0.15) is 0 Å². The Labute approximate surface area is 184 Å². The molecule has 1 saturated heterocycles. The standard InChI is InChI=1S/C28H29N3/c1-3-9-21(10-4-1)15-17-30-19-25(22-11-5-2-6-12-22)28-27-24(16-18-31(28)20-30)23-13-7-8-14-26(23)29-27/h1-14,25,28-29H,15-20H2/t25-,28-/m0/s1. The van der Waals surface area contributed by atoms with Gasteiger partial charge in [0.25, 0.3) is 0 Å². The SMILES string of the molecule is c1ccc(CCN2C[C@@H](c3ccccc3)[C@H]3c4[nH]c5ccccc5c4CCN3C2)cc1. The quantitative estimate of drug-likeness (QED) is 0.492. The maximum atomic E-state index is 3.83. The fourth-order valence-corrected chi connectivity index (χ4v) is 5.71. The van der Waals surface area contributed by atoms with Crippen LogP contribution in [0.1, 0.15) is 34.3 Å². The van der Waals surface area contributed by atoms with E-state index in [0.717, 1.165) is 39.1 Å². The molecule has 2 atom stereocenters. The number of hydrogen-bond donors (Lipinski definition) is 1. The lowest BCUT2D eigenvalue weighted by Crippen LogP contribution is -2.53. The zero-order chi connectivity index (χ0) is 20.6. The highest BCUT2D eigenvalue weighted by Crippen LogP contribution is 2.45. The highest BCUT2D eigenvalue weighted by molar-refractivity contribution is 5.85. The number of nitrogens with zero attached hydrogens (tertiary/aromatic N) is 2. The van der Waals surface area contributed by atoms with Crippen molar-refractivity contribution >= 4 is 10.9 Å². The average Bonchev–Trinajstić information content (AvgIpc) is 3.22. The molecule has 0 spiro atoms. The molecule has 156 valence electrons. The first-order valence-corrected chi connectivity index (χ1v) is 11.5. The van der Waals surface area contributed by atoms with Crippen LogP contribution >= 0.6 is 0 Å². The van der Waals surface area contributed by atoms with E-state index in [-0.39, 0.29) is 0 Å². The maximum Gasteiger partial charge on any atom is 0.0594 e. The molecular formula is C28H29N3. The van der Waals surface area contributed by atoms with Crippen LogP contribution in [0.15, 0.2) is 84.9 Å². The molecule has 31 heavy (non-hydrogen) atoms. The Morgan fingerprint density at radius 2 is 1.58 bits per heavy atom. The summed E-state index contributed by atoms with van der Waals surface area (Å²) >= 11 is 0. The predicted molar refractivity (Wildman–Crippen MR) is 127 cm³/mol. The smallest absolute Gasteiger partial charge is 0.0594 e. The van der Waals surface area contributed by atoms with Crippen molar-refractivity contribution in [3.05, 3.63) is 107 Å². The van der Waals surface area contributed by atoms with E-state index in [1.807, 2.05) is 0 Å². The highest BCUT2D eigenvalue weighted by atomic mass is 15.4. The predicted octanol–water partition coefficient (Wildman–Crippen LogP) is 5.37. The van der Waals surface area contributed by atoms with Crippen molar-refractivity contribution in [3.63, 3.8) is 0 Å². The average molecular weight is 408 g/mol. The van der Waals surface area contributed by atoms with E-state index < -0.39 is 0 Å². The number of aromatic amines is 1. The Morgan fingerprint density at radius 3 is 2.42 bits per heavy atom. The Hall–Kier alpha value is -2.88. The fourth-order valence-electron chi connectivity index (χ4n) is 5.71. The zero-order valence-corrected chi connectivity index (χ0v) is 17.9. The fraction of sp³-hybridized carbons (Fsp3) is 0.286. The topological polar surface area (TPSA) is 22.3 Å². The van der Waals surface area contributed by atoms with Crippen LogP contribution in [0.2, 0.25) is 0 Å². The molecular weight excluding hydrogens is 378 g/mol.